The molecule has 170 valence electrons. The van der Waals surface area contributed by atoms with E-state index in [9.17, 15) is 13.2 Å². The molecule has 3 aromatic carbocycles. The predicted octanol–water partition coefficient (Wildman–Crippen LogP) is 3.88. The third-order valence-corrected chi connectivity index (χ3v) is 8.04. The Labute approximate surface area is 199 Å². The Kier molecular flexibility index (Phi) is 5.88. The van der Waals surface area contributed by atoms with Gasteiger partial charge in [0, 0.05) is 5.02 Å². The topological polar surface area (TPSA) is 86.6 Å². The summed E-state index contributed by atoms with van der Waals surface area (Å²) in [5.74, 6) is 1.22. The van der Waals surface area contributed by atoms with Crippen LogP contribution in [-0.4, -0.2) is 32.2 Å². The van der Waals surface area contributed by atoms with Crippen LogP contribution < -0.4 is 19.1 Å². The molecule has 0 fully saturated rings. The number of aromatic nitrogens is 1. The third-order valence-electron chi connectivity index (χ3n) is 5.30. The number of para-hydroxylation sites is 2. The molecule has 0 aliphatic carbocycles. The molecule has 0 bridgehead atoms. The number of nitrogens with one attached hydrogen (secondary N) is 1. The van der Waals surface area contributed by atoms with Gasteiger partial charge in [0.1, 0.15) is 12.7 Å². The normalized spacial score (nSPS) is 15.6. The standard InChI is InChI=1S/C23H19ClN2O5S2/c24-18-6-2-1-5-15(18)13-26-19-10-9-17(11-22(19)32-23(26)27)33(28,29)25-12-16-14-30-20-7-3-4-8-21(20)31-16/h1-11,16,25H,12-14H2/t16-/m1/s1. The SMILES string of the molecule is O=c1sc2cc(S(=O)(=O)NC[C@@H]3COc4ccccc4O3)ccc2n1Cc1ccccc1Cl. The number of sulfonamides is 1. The van der Waals surface area contributed by atoms with Crippen molar-refractivity contribution in [2.45, 2.75) is 17.5 Å². The quantitative estimate of drug-likeness (QED) is 0.432. The number of fused-ring (bicyclic) bond motifs is 2. The van der Waals surface area contributed by atoms with Gasteiger partial charge >= 0.3 is 4.87 Å². The minimum atomic E-state index is -3.81. The Balaban J connectivity index is 1.34. The average molecular weight is 503 g/mol. The summed E-state index contributed by atoms with van der Waals surface area (Å²) in [4.78, 5) is 12.5. The van der Waals surface area contributed by atoms with Crippen molar-refractivity contribution in [2.24, 2.45) is 0 Å². The summed E-state index contributed by atoms with van der Waals surface area (Å²) >= 11 is 7.24. The van der Waals surface area contributed by atoms with Gasteiger partial charge in [-0.25, -0.2) is 13.1 Å². The van der Waals surface area contributed by atoms with Crippen LogP contribution in [0.5, 0.6) is 11.5 Å². The van der Waals surface area contributed by atoms with Crippen LogP contribution in [0.1, 0.15) is 5.56 Å². The van der Waals surface area contributed by atoms with Gasteiger partial charge in [-0.2, -0.15) is 0 Å². The van der Waals surface area contributed by atoms with Gasteiger partial charge in [0.15, 0.2) is 11.5 Å². The molecule has 1 aliphatic rings. The molecule has 10 heteroatoms. The zero-order valence-electron chi connectivity index (χ0n) is 17.2. The number of hydrogen-bond donors (Lipinski definition) is 1. The maximum atomic E-state index is 12.9. The van der Waals surface area contributed by atoms with E-state index in [1.54, 1.807) is 28.8 Å². The lowest BCUT2D eigenvalue weighted by Gasteiger charge is -2.26. The number of nitrogens with zero attached hydrogens (tertiary/aromatic N) is 1. The smallest absolute Gasteiger partial charge is 0.308 e. The fourth-order valence-electron chi connectivity index (χ4n) is 3.61. The van der Waals surface area contributed by atoms with E-state index >= 15 is 0 Å². The number of hydrogen-bond acceptors (Lipinski definition) is 6. The van der Waals surface area contributed by atoms with Gasteiger partial charge in [-0.05, 0) is 42.0 Å². The second-order valence-electron chi connectivity index (χ2n) is 7.52. The van der Waals surface area contributed by atoms with Gasteiger partial charge in [0.2, 0.25) is 10.0 Å². The van der Waals surface area contributed by atoms with Crippen LogP contribution in [0.2, 0.25) is 5.02 Å². The van der Waals surface area contributed by atoms with Crippen molar-refractivity contribution >= 4 is 43.2 Å². The van der Waals surface area contributed by atoms with Crippen LogP contribution in [0.4, 0.5) is 0 Å². The minimum absolute atomic E-state index is 0.0540. The Hall–Kier alpha value is -2.85. The molecule has 0 saturated carbocycles. The van der Waals surface area contributed by atoms with Crippen LogP contribution >= 0.6 is 22.9 Å². The summed E-state index contributed by atoms with van der Waals surface area (Å²) < 4.78 is 42.0. The molecule has 5 rings (SSSR count). The van der Waals surface area contributed by atoms with E-state index in [4.69, 9.17) is 21.1 Å². The fourth-order valence-corrected chi connectivity index (χ4v) is 5.90. The van der Waals surface area contributed by atoms with Crippen molar-refractivity contribution < 1.29 is 17.9 Å². The van der Waals surface area contributed by atoms with Crippen molar-refractivity contribution in [3.05, 3.63) is 87.0 Å². The Bertz CT molecular complexity index is 1500. The van der Waals surface area contributed by atoms with Crippen LogP contribution in [0.3, 0.4) is 0 Å². The molecule has 0 saturated heterocycles. The molecule has 1 N–H and O–H groups in total. The van der Waals surface area contributed by atoms with E-state index in [0.717, 1.165) is 16.9 Å². The van der Waals surface area contributed by atoms with Crippen LogP contribution in [-0.2, 0) is 16.6 Å². The predicted molar refractivity (Wildman–Crippen MR) is 128 cm³/mol. The lowest BCUT2D eigenvalue weighted by molar-refractivity contribution is 0.0943. The summed E-state index contributed by atoms with van der Waals surface area (Å²) in [5, 5.41) is 0.573. The molecule has 1 aromatic heterocycles. The first-order valence-corrected chi connectivity index (χ1v) is 12.8. The lowest BCUT2D eigenvalue weighted by Crippen LogP contribution is -2.40. The molecule has 0 amide bonds. The molecule has 4 aromatic rings. The Morgan fingerprint density at radius 2 is 1.82 bits per heavy atom. The largest absolute Gasteiger partial charge is 0.486 e. The highest BCUT2D eigenvalue weighted by Gasteiger charge is 2.24. The highest BCUT2D eigenvalue weighted by Crippen LogP contribution is 2.31. The molecule has 7 nitrogen and oxygen atoms in total. The monoisotopic (exact) mass is 502 g/mol. The molecule has 1 aliphatic heterocycles. The average Bonchev–Trinajstić information content (AvgIpc) is 3.13. The van der Waals surface area contributed by atoms with Crippen molar-refractivity contribution in [1.82, 2.24) is 9.29 Å². The number of benzene rings is 3. The third kappa shape index (κ3) is 4.49. The maximum Gasteiger partial charge on any atom is 0.308 e. The van der Waals surface area contributed by atoms with Crippen molar-refractivity contribution in [3.63, 3.8) is 0 Å². The highest BCUT2D eigenvalue weighted by atomic mass is 35.5. The van der Waals surface area contributed by atoms with Crippen LogP contribution in [0.25, 0.3) is 10.2 Å². The molecule has 0 radical (unpaired) electrons. The first-order valence-electron chi connectivity index (χ1n) is 10.2. The Morgan fingerprint density at radius 1 is 1.06 bits per heavy atom. The van der Waals surface area contributed by atoms with Gasteiger partial charge < -0.3 is 9.47 Å². The van der Waals surface area contributed by atoms with Crippen molar-refractivity contribution in [2.75, 3.05) is 13.2 Å². The molecule has 33 heavy (non-hydrogen) atoms. The Morgan fingerprint density at radius 3 is 2.64 bits per heavy atom. The summed E-state index contributed by atoms with van der Waals surface area (Å²) in [6, 6.07) is 19.2. The molecule has 1 atom stereocenters. The van der Waals surface area contributed by atoms with Crippen molar-refractivity contribution in [3.8, 4) is 11.5 Å². The van der Waals surface area contributed by atoms with Gasteiger partial charge in [0.05, 0.1) is 28.2 Å². The van der Waals surface area contributed by atoms with Gasteiger partial charge in [0.25, 0.3) is 0 Å². The van der Waals surface area contributed by atoms with E-state index in [0.29, 0.717) is 33.3 Å². The van der Waals surface area contributed by atoms with E-state index in [-0.39, 0.29) is 22.9 Å². The minimum Gasteiger partial charge on any atom is -0.486 e. The van der Waals surface area contributed by atoms with E-state index < -0.39 is 16.1 Å². The number of rotatable bonds is 6. The lowest BCUT2D eigenvalue weighted by atomic mass is 10.2. The maximum absolute atomic E-state index is 12.9. The molecular weight excluding hydrogens is 484 g/mol. The van der Waals surface area contributed by atoms with Gasteiger partial charge in [-0.15, -0.1) is 0 Å². The zero-order chi connectivity index (χ0) is 23.0. The van der Waals surface area contributed by atoms with Crippen molar-refractivity contribution in [1.29, 1.82) is 0 Å². The second-order valence-corrected chi connectivity index (χ2v) is 10.7. The number of ether oxygens (including phenoxy) is 2. The van der Waals surface area contributed by atoms with Crippen LogP contribution in [0, 0.1) is 0 Å². The van der Waals surface area contributed by atoms with Gasteiger partial charge in [-0.1, -0.05) is 53.3 Å². The highest BCUT2D eigenvalue weighted by molar-refractivity contribution is 7.89. The van der Waals surface area contributed by atoms with E-state index in [1.807, 2.05) is 30.3 Å². The molecule has 0 unspecified atom stereocenters. The number of thiazole rings is 1. The second kappa shape index (κ2) is 8.83. The summed E-state index contributed by atoms with van der Waals surface area (Å²) in [6.07, 6.45) is -0.453. The first-order chi connectivity index (χ1) is 15.9. The summed E-state index contributed by atoms with van der Waals surface area (Å²) in [7, 11) is -3.81. The van der Waals surface area contributed by atoms with E-state index in [2.05, 4.69) is 4.72 Å². The molecule has 0 spiro atoms. The van der Waals surface area contributed by atoms with E-state index in [1.165, 1.54) is 12.1 Å². The summed E-state index contributed by atoms with van der Waals surface area (Å²) in [5.41, 5.74) is 1.47. The number of halogens is 1. The van der Waals surface area contributed by atoms with Gasteiger partial charge in [-0.3, -0.25) is 9.36 Å². The fraction of sp³-hybridized carbons (Fsp3) is 0.174. The first kappa shape index (κ1) is 22.0. The molecular formula is C23H19ClN2O5S2. The van der Waals surface area contributed by atoms with Crippen LogP contribution in [0.15, 0.2) is 76.4 Å². The molecule has 2 heterocycles. The summed E-state index contributed by atoms with van der Waals surface area (Å²) in [6.45, 7) is 0.604. The zero-order valence-corrected chi connectivity index (χ0v) is 19.6.